The third kappa shape index (κ3) is 1.68. The lowest BCUT2D eigenvalue weighted by Crippen LogP contribution is -2.18. The van der Waals surface area contributed by atoms with Gasteiger partial charge in [-0.05, 0) is 31.0 Å². The van der Waals surface area contributed by atoms with E-state index in [1.54, 1.807) is 0 Å². The summed E-state index contributed by atoms with van der Waals surface area (Å²) in [6.07, 6.45) is 0. The first-order valence-corrected chi connectivity index (χ1v) is 5.56. The fourth-order valence-electron chi connectivity index (χ4n) is 1.74. The summed E-state index contributed by atoms with van der Waals surface area (Å²) < 4.78 is 0. The highest BCUT2D eigenvalue weighted by molar-refractivity contribution is 8.00. The molecule has 1 nitrogen and oxygen atoms in total. The molecule has 1 aliphatic rings. The Morgan fingerprint density at radius 3 is 2.92 bits per heavy atom. The van der Waals surface area contributed by atoms with Crippen molar-refractivity contribution < 1.29 is 0 Å². The van der Waals surface area contributed by atoms with Gasteiger partial charge in [0.2, 0.25) is 0 Å². The SMILES string of the molecule is Cc1cc(C)c2c(c1)NCC(C)S2. The molecule has 0 spiro atoms. The van der Waals surface area contributed by atoms with E-state index in [9.17, 15) is 0 Å². The van der Waals surface area contributed by atoms with Gasteiger partial charge in [-0.2, -0.15) is 0 Å². The van der Waals surface area contributed by atoms with Crippen LogP contribution in [0.1, 0.15) is 18.1 Å². The van der Waals surface area contributed by atoms with E-state index >= 15 is 0 Å². The van der Waals surface area contributed by atoms with Crippen molar-refractivity contribution in [2.24, 2.45) is 0 Å². The first-order valence-electron chi connectivity index (χ1n) is 4.68. The maximum Gasteiger partial charge on any atom is 0.0484 e. The van der Waals surface area contributed by atoms with Gasteiger partial charge in [-0.1, -0.05) is 13.0 Å². The number of hydrogen-bond acceptors (Lipinski definition) is 2. The highest BCUT2D eigenvalue weighted by Gasteiger charge is 2.16. The Balaban J connectivity index is 2.47. The smallest absolute Gasteiger partial charge is 0.0484 e. The Morgan fingerprint density at radius 1 is 1.38 bits per heavy atom. The zero-order valence-electron chi connectivity index (χ0n) is 8.35. The lowest BCUT2D eigenvalue weighted by atomic mass is 10.1. The number of benzene rings is 1. The number of rotatable bonds is 0. The van der Waals surface area contributed by atoms with Gasteiger partial charge in [0.1, 0.15) is 0 Å². The number of anilines is 1. The van der Waals surface area contributed by atoms with Crippen molar-refractivity contribution in [2.75, 3.05) is 11.9 Å². The minimum atomic E-state index is 0.689. The zero-order valence-corrected chi connectivity index (χ0v) is 9.16. The van der Waals surface area contributed by atoms with Crippen LogP contribution in [0.5, 0.6) is 0 Å². The second kappa shape index (κ2) is 3.26. The van der Waals surface area contributed by atoms with Gasteiger partial charge in [0.15, 0.2) is 0 Å². The monoisotopic (exact) mass is 193 g/mol. The molecule has 13 heavy (non-hydrogen) atoms. The van der Waals surface area contributed by atoms with Gasteiger partial charge in [-0.25, -0.2) is 0 Å². The second-order valence-electron chi connectivity index (χ2n) is 3.77. The van der Waals surface area contributed by atoms with Gasteiger partial charge < -0.3 is 5.32 Å². The topological polar surface area (TPSA) is 12.0 Å². The molecule has 2 rings (SSSR count). The maximum absolute atomic E-state index is 3.47. The van der Waals surface area contributed by atoms with Crippen LogP contribution < -0.4 is 5.32 Å². The molecule has 1 aromatic carbocycles. The fourth-order valence-corrected chi connectivity index (χ4v) is 2.81. The minimum Gasteiger partial charge on any atom is -0.383 e. The molecule has 0 amide bonds. The Bertz CT molecular complexity index is 333. The first kappa shape index (κ1) is 8.95. The molecule has 2 heteroatoms. The van der Waals surface area contributed by atoms with Crippen molar-refractivity contribution in [3.8, 4) is 0 Å². The molecule has 1 aliphatic heterocycles. The minimum absolute atomic E-state index is 0.689. The van der Waals surface area contributed by atoms with E-state index in [1.807, 2.05) is 11.8 Å². The number of hydrogen-bond donors (Lipinski definition) is 1. The fraction of sp³-hybridized carbons (Fsp3) is 0.455. The lowest BCUT2D eigenvalue weighted by molar-refractivity contribution is 0.968. The van der Waals surface area contributed by atoms with Crippen LogP contribution in [0.4, 0.5) is 5.69 Å². The van der Waals surface area contributed by atoms with E-state index in [-0.39, 0.29) is 0 Å². The summed E-state index contributed by atoms with van der Waals surface area (Å²) in [6, 6.07) is 4.49. The van der Waals surface area contributed by atoms with Gasteiger partial charge in [-0.3, -0.25) is 0 Å². The summed E-state index contributed by atoms with van der Waals surface area (Å²) in [7, 11) is 0. The van der Waals surface area contributed by atoms with E-state index < -0.39 is 0 Å². The highest BCUT2D eigenvalue weighted by Crippen LogP contribution is 2.37. The van der Waals surface area contributed by atoms with Crippen LogP contribution in [0.15, 0.2) is 17.0 Å². The standard InChI is InChI=1S/C11H15NS/c1-7-4-8(2)11-10(5-7)12-6-9(3)13-11/h4-5,9,12H,6H2,1-3H3. The van der Waals surface area contributed by atoms with Crippen LogP contribution in [0.2, 0.25) is 0 Å². The maximum atomic E-state index is 3.47. The van der Waals surface area contributed by atoms with Gasteiger partial charge >= 0.3 is 0 Å². The Morgan fingerprint density at radius 2 is 2.15 bits per heavy atom. The molecule has 1 heterocycles. The van der Waals surface area contributed by atoms with Crippen LogP contribution in [0.3, 0.4) is 0 Å². The molecule has 0 radical (unpaired) electrons. The first-order chi connectivity index (χ1) is 6.16. The molecule has 0 aromatic heterocycles. The predicted molar refractivity (Wildman–Crippen MR) is 59.7 cm³/mol. The molecule has 1 unspecified atom stereocenters. The molecule has 1 aromatic rings. The van der Waals surface area contributed by atoms with Crippen LogP contribution in [0, 0.1) is 13.8 Å². The van der Waals surface area contributed by atoms with Crippen LogP contribution in [0.25, 0.3) is 0 Å². The number of thioether (sulfide) groups is 1. The Labute approximate surface area is 83.9 Å². The highest BCUT2D eigenvalue weighted by atomic mass is 32.2. The molecule has 0 fully saturated rings. The van der Waals surface area contributed by atoms with E-state index in [1.165, 1.54) is 21.7 Å². The van der Waals surface area contributed by atoms with Crippen LogP contribution in [-0.4, -0.2) is 11.8 Å². The van der Waals surface area contributed by atoms with Crippen LogP contribution in [-0.2, 0) is 0 Å². The third-order valence-electron chi connectivity index (χ3n) is 2.32. The molecule has 0 aliphatic carbocycles. The van der Waals surface area contributed by atoms with Crippen molar-refractivity contribution in [1.29, 1.82) is 0 Å². The van der Waals surface area contributed by atoms with Gasteiger partial charge in [-0.15, -0.1) is 11.8 Å². The molecule has 0 saturated heterocycles. The van der Waals surface area contributed by atoms with E-state index in [2.05, 4.69) is 38.2 Å². The molecule has 1 atom stereocenters. The Hall–Kier alpha value is -0.630. The van der Waals surface area contributed by atoms with E-state index in [0.29, 0.717) is 5.25 Å². The summed E-state index contributed by atoms with van der Waals surface area (Å²) >= 11 is 1.98. The summed E-state index contributed by atoms with van der Waals surface area (Å²) in [5.41, 5.74) is 4.07. The molecular weight excluding hydrogens is 178 g/mol. The van der Waals surface area contributed by atoms with Gasteiger partial charge in [0.25, 0.3) is 0 Å². The van der Waals surface area contributed by atoms with E-state index in [0.717, 1.165) is 6.54 Å². The average molecular weight is 193 g/mol. The van der Waals surface area contributed by atoms with Crippen molar-refractivity contribution in [3.63, 3.8) is 0 Å². The third-order valence-corrected chi connectivity index (χ3v) is 3.66. The van der Waals surface area contributed by atoms with Gasteiger partial charge in [0, 0.05) is 22.4 Å². The Kier molecular flexibility index (Phi) is 2.24. The summed E-state index contributed by atoms with van der Waals surface area (Å²) in [5, 5.41) is 4.16. The van der Waals surface area contributed by atoms with Gasteiger partial charge in [0.05, 0.1) is 0 Å². The predicted octanol–water partition coefficient (Wildman–Crippen LogP) is 3.21. The molecule has 0 saturated carbocycles. The second-order valence-corrected chi connectivity index (χ2v) is 5.22. The summed E-state index contributed by atoms with van der Waals surface area (Å²) in [6.45, 7) is 7.69. The number of nitrogens with one attached hydrogen (secondary N) is 1. The van der Waals surface area contributed by atoms with Crippen molar-refractivity contribution in [2.45, 2.75) is 30.9 Å². The van der Waals surface area contributed by atoms with Crippen LogP contribution >= 0.6 is 11.8 Å². The summed E-state index contributed by atoms with van der Waals surface area (Å²) in [5.74, 6) is 0. The van der Waals surface area contributed by atoms with E-state index in [4.69, 9.17) is 0 Å². The van der Waals surface area contributed by atoms with Crippen molar-refractivity contribution >= 4 is 17.4 Å². The number of fused-ring (bicyclic) bond motifs is 1. The number of aryl methyl sites for hydroxylation is 2. The molecule has 1 N–H and O–H groups in total. The molecule has 70 valence electrons. The quantitative estimate of drug-likeness (QED) is 0.679. The zero-order chi connectivity index (χ0) is 9.42. The molecular formula is C11H15NS. The van der Waals surface area contributed by atoms with Crippen molar-refractivity contribution in [3.05, 3.63) is 23.3 Å². The average Bonchev–Trinajstić information content (AvgIpc) is 2.06. The normalized spacial score (nSPS) is 20.7. The lowest BCUT2D eigenvalue weighted by Gasteiger charge is -2.24. The summed E-state index contributed by atoms with van der Waals surface area (Å²) in [4.78, 5) is 1.43. The largest absolute Gasteiger partial charge is 0.383 e. The molecule has 0 bridgehead atoms. The van der Waals surface area contributed by atoms with Crippen molar-refractivity contribution in [1.82, 2.24) is 0 Å².